The number of hydrogen-bond acceptors (Lipinski definition) is 8. The standard InChI is InChI=1S/C32H26F2N4O6/c1-35-31(41)29-27(18-6-8-19(33)9-7-18)30(40)20(16-38(29)2)23(39)14-17-5-10-24(21(34)13-17)44-25-11-12-36-22-15-26(42-3)32(43-4)37-28(22)25/h5-13,15-16H,14H2,1-4H3,(H,35,41). The fourth-order valence-corrected chi connectivity index (χ4v) is 4.73. The summed E-state index contributed by atoms with van der Waals surface area (Å²) in [7, 11) is 5.82. The second-order valence-corrected chi connectivity index (χ2v) is 9.64. The van der Waals surface area contributed by atoms with Crippen LogP contribution < -0.4 is 25.0 Å². The van der Waals surface area contributed by atoms with Crippen LogP contribution in [0.2, 0.25) is 0 Å². The van der Waals surface area contributed by atoms with Gasteiger partial charge in [0.25, 0.3) is 11.8 Å². The summed E-state index contributed by atoms with van der Waals surface area (Å²) in [4.78, 5) is 48.2. The molecule has 0 spiro atoms. The Balaban J connectivity index is 1.45. The van der Waals surface area contributed by atoms with Gasteiger partial charge in [0.15, 0.2) is 28.8 Å². The molecule has 0 aliphatic rings. The van der Waals surface area contributed by atoms with Gasteiger partial charge in [-0.25, -0.2) is 13.8 Å². The van der Waals surface area contributed by atoms with Crippen molar-refractivity contribution in [1.82, 2.24) is 19.9 Å². The van der Waals surface area contributed by atoms with E-state index in [0.717, 1.165) is 18.2 Å². The molecule has 0 saturated carbocycles. The van der Waals surface area contributed by atoms with E-state index in [4.69, 9.17) is 14.2 Å². The van der Waals surface area contributed by atoms with Crippen LogP contribution in [0.15, 0.2) is 71.8 Å². The Morgan fingerprint density at radius 1 is 0.955 bits per heavy atom. The summed E-state index contributed by atoms with van der Waals surface area (Å²) in [5.74, 6) is -1.79. The number of aryl methyl sites for hydroxylation is 1. The lowest BCUT2D eigenvalue weighted by Gasteiger charge is -2.15. The number of carbonyl (C=O) groups is 2. The summed E-state index contributed by atoms with van der Waals surface area (Å²) in [6, 6.07) is 12.2. The third-order valence-electron chi connectivity index (χ3n) is 6.86. The highest BCUT2D eigenvalue weighted by Gasteiger charge is 2.24. The Morgan fingerprint density at radius 3 is 2.36 bits per heavy atom. The highest BCUT2D eigenvalue weighted by Crippen LogP contribution is 2.34. The molecule has 2 aromatic carbocycles. The normalized spacial score (nSPS) is 10.9. The lowest BCUT2D eigenvalue weighted by atomic mass is 9.96. The number of pyridine rings is 3. The van der Waals surface area contributed by atoms with Crippen molar-refractivity contribution in [2.24, 2.45) is 7.05 Å². The number of benzene rings is 2. The summed E-state index contributed by atoms with van der Waals surface area (Å²) in [6.07, 6.45) is 2.43. The molecule has 0 aliphatic heterocycles. The molecule has 3 heterocycles. The minimum Gasteiger partial charge on any atom is -0.491 e. The average Bonchev–Trinajstić information content (AvgIpc) is 3.02. The Morgan fingerprint density at radius 2 is 1.70 bits per heavy atom. The van der Waals surface area contributed by atoms with E-state index >= 15 is 4.39 Å². The molecule has 5 rings (SSSR count). The zero-order chi connectivity index (χ0) is 31.5. The molecule has 0 aliphatic carbocycles. The number of carbonyl (C=O) groups excluding carboxylic acids is 2. The van der Waals surface area contributed by atoms with Crippen LogP contribution in [0, 0.1) is 11.6 Å². The Labute approximate surface area is 249 Å². The summed E-state index contributed by atoms with van der Waals surface area (Å²) in [5, 5.41) is 2.48. The summed E-state index contributed by atoms with van der Waals surface area (Å²) < 4.78 is 46.5. The van der Waals surface area contributed by atoms with Gasteiger partial charge in [0.1, 0.15) is 17.0 Å². The van der Waals surface area contributed by atoms with Gasteiger partial charge in [0.05, 0.1) is 30.9 Å². The maximum Gasteiger partial charge on any atom is 0.268 e. The third kappa shape index (κ3) is 5.69. The van der Waals surface area contributed by atoms with Crippen LogP contribution in [0.4, 0.5) is 8.78 Å². The lowest BCUT2D eigenvalue weighted by Crippen LogP contribution is -2.30. The number of nitrogens with zero attached hydrogens (tertiary/aromatic N) is 3. The molecule has 3 aromatic heterocycles. The van der Waals surface area contributed by atoms with Gasteiger partial charge in [-0.3, -0.25) is 19.4 Å². The first-order valence-electron chi connectivity index (χ1n) is 13.2. The van der Waals surface area contributed by atoms with Gasteiger partial charge in [0.2, 0.25) is 5.43 Å². The van der Waals surface area contributed by atoms with Crippen LogP contribution in [-0.2, 0) is 13.5 Å². The molecule has 12 heteroatoms. The number of Topliss-reactive ketones (excluding diaryl/α,β-unsaturated/α-hetero) is 1. The van der Waals surface area contributed by atoms with Gasteiger partial charge < -0.3 is 24.1 Å². The van der Waals surface area contributed by atoms with Crippen LogP contribution in [-0.4, -0.2) is 47.5 Å². The molecule has 5 aromatic rings. The van der Waals surface area contributed by atoms with Crippen molar-refractivity contribution in [3.63, 3.8) is 0 Å². The van der Waals surface area contributed by atoms with Crippen LogP contribution in [0.25, 0.3) is 22.2 Å². The third-order valence-corrected chi connectivity index (χ3v) is 6.86. The molecule has 0 bridgehead atoms. The van der Waals surface area contributed by atoms with Crippen LogP contribution in [0.3, 0.4) is 0 Å². The Hall–Kier alpha value is -5.65. The minimum absolute atomic E-state index is 0.00222. The van der Waals surface area contributed by atoms with Crippen LogP contribution in [0.1, 0.15) is 26.4 Å². The molecule has 0 unspecified atom stereocenters. The van der Waals surface area contributed by atoms with Crippen molar-refractivity contribution in [2.75, 3.05) is 21.3 Å². The molecule has 10 nitrogen and oxygen atoms in total. The second-order valence-electron chi connectivity index (χ2n) is 9.64. The van der Waals surface area contributed by atoms with E-state index < -0.39 is 28.8 Å². The van der Waals surface area contributed by atoms with Crippen LogP contribution in [0.5, 0.6) is 23.1 Å². The first-order chi connectivity index (χ1) is 21.1. The molecular formula is C32H26F2N4O6. The number of hydrogen-bond donors (Lipinski definition) is 1. The maximum absolute atomic E-state index is 15.2. The molecule has 1 amide bonds. The molecule has 0 radical (unpaired) electrons. The van der Waals surface area contributed by atoms with E-state index in [0.29, 0.717) is 16.8 Å². The van der Waals surface area contributed by atoms with Crippen molar-refractivity contribution in [1.29, 1.82) is 0 Å². The fourth-order valence-electron chi connectivity index (χ4n) is 4.73. The smallest absolute Gasteiger partial charge is 0.268 e. The molecule has 0 saturated heterocycles. The Kier molecular flexibility index (Phi) is 8.34. The zero-order valence-corrected chi connectivity index (χ0v) is 24.1. The summed E-state index contributed by atoms with van der Waals surface area (Å²) in [5.41, 5.74) is 0.333. The van der Waals surface area contributed by atoms with Gasteiger partial charge in [-0.05, 0) is 35.4 Å². The average molecular weight is 601 g/mol. The molecule has 1 N–H and O–H groups in total. The van der Waals surface area contributed by atoms with Crippen molar-refractivity contribution >= 4 is 22.7 Å². The van der Waals surface area contributed by atoms with Crippen LogP contribution >= 0.6 is 0 Å². The van der Waals surface area contributed by atoms with Gasteiger partial charge in [-0.15, -0.1) is 0 Å². The number of methoxy groups -OCH3 is 2. The van der Waals surface area contributed by atoms with Crippen molar-refractivity contribution < 1.29 is 32.6 Å². The fraction of sp³-hybridized carbons (Fsp3) is 0.156. The highest BCUT2D eigenvalue weighted by atomic mass is 19.1. The summed E-state index contributed by atoms with van der Waals surface area (Å²) in [6.45, 7) is 0. The molecule has 0 atom stereocenters. The number of rotatable bonds is 9. The van der Waals surface area contributed by atoms with E-state index in [1.165, 1.54) is 75.6 Å². The van der Waals surface area contributed by atoms with E-state index in [9.17, 15) is 18.8 Å². The first kappa shape index (κ1) is 29.8. The number of ether oxygens (including phenoxy) is 3. The predicted molar refractivity (Wildman–Crippen MR) is 158 cm³/mol. The molecule has 224 valence electrons. The number of halogens is 2. The largest absolute Gasteiger partial charge is 0.491 e. The number of ketones is 1. The predicted octanol–water partition coefficient (Wildman–Crippen LogP) is 4.87. The van der Waals surface area contributed by atoms with E-state index in [1.54, 1.807) is 6.07 Å². The molecule has 0 fully saturated rings. The SMILES string of the molecule is CNC(=O)c1c(-c2ccc(F)cc2)c(=O)c(C(=O)Cc2ccc(Oc3ccnc4cc(OC)c(OC)nc34)c(F)c2)cn1C. The van der Waals surface area contributed by atoms with Crippen molar-refractivity contribution in [2.45, 2.75) is 6.42 Å². The van der Waals surface area contributed by atoms with E-state index in [-0.39, 0.29) is 51.7 Å². The van der Waals surface area contributed by atoms with E-state index in [2.05, 4.69) is 15.3 Å². The van der Waals surface area contributed by atoms with Crippen molar-refractivity contribution in [3.8, 4) is 34.3 Å². The number of fused-ring (bicyclic) bond motifs is 1. The molecule has 44 heavy (non-hydrogen) atoms. The number of nitrogens with one attached hydrogen (secondary N) is 1. The number of amides is 1. The van der Waals surface area contributed by atoms with Crippen molar-refractivity contribution in [3.05, 3.63) is 106 Å². The van der Waals surface area contributed by atoms with Gasteiger partial charge in [-0.2, -0.15) is 0 Å². The highest BCUT2D eigenvalue weighted by molar-refractivity contribution is 6.03. The second kappa shape index (κ2) is 12.3. The van der Waals surface area contributed by atoms with Gasteiger partial charge in [0, 0.05) is 45.0 Å². The topological polar surface area (TPSA) is 122 Å². The maximum atomic E-state index is 15.2. The zero-order valence-electron chi connectivity index (χ0n) is 24.1. The van der Waals surface area contributed by atoms with E-state index in [1.807, 2.05) is 0 Å². The quantitative estimate of drug-likeness (QED) is 0.238. The Bertz CT molecular complexity index is 1980. The van der Waals surface area contributed by atoms with Gasteiger partial charge in [-0.1, -0.05) is 18.2 Å². The monoisotopic (exact) mass is 600 g/mol. The first-order valence-corrected chi connectivity index (χ1v) is 13.2. The minimum atomic E-state index is -0.754. The number of aromatic nitrogens is 3. The molecular weight excluding hydrogens is 574 g/mol. The lowest BCUT2D eigenvalue weighted by molar-refractivity contribution is 0.0950. The summed E-state index contributed by atoms with van der Waals surface area (Å²) >= 11 is 0. The van der Waals surface area contributed by atoms with Gasteiger partial charge >= 0.3 is 0 Å².